The standard InChI is InChI=1S/C12H20N4O/c1-12(2,3)8-16(4)11(17)9-5-6-10(15-13)14-7-9/h5-7H,8,13H2,1-4H3,(H,14,15). The lowest BCUT2D eigenvalue weighted by Crippen LogP contribution is -2.34. The van der Waals surface area contributed by atoms with Gasteiger partial charge in [0.05, 0.1) is 5.56 Å². The molecule has 0 saturated heterocycles. The molecule has 0 spiro atoms. The molecule has 3 N–H and O–H groups in total. The number of hydrogen-bond donors (Lipinski definition) is 2. The van der Waals surface area contributed by atoms with Gasteiger partial charge in [0.2, 0.25) is 0 Å². The number of pyridine rings is 1. The van der Waals surface area contributed by atoms with Crippen LogP contribution in [0.15, 0.2) is 18.3 Å². The van der Waals surface area contributed by atoms with Crippen LogP contribution < -0.4 is 11.3 Å². The average molecular weight is 236 g/mol. The molecule has 17 heavy (non-hydrogen) atoms. The van der Waals surface area contributed by atoms with Crippen LogP contribution in [0, 0.1) is 5.41 Å². The van der Waals surface area contributed by atoms with Crippen molar-refractivity contribution >= 4 is 11.7 Å². The van der Waals surface area contributed by atoms with E-state index < -0.39 is 0 Å². The van der Waals surface area contributed by atoms with E-state index in [1.54, 1.807) is 24.1 Å². The van der Waals surface area contributed by atoms with Gasteiger partial charge < -0.3 is 10.3 Å². The Morgan fingerprint density at radius 3 is 2.53 bits per heavy atom. The zero-order chi connectivity index (χ0) is 13.1. The molecule has 1 aromatic heterocycles. The molecule has 94 valence electrons. The first-order chi connectivity index (χ1) is 7.83. The number of nitrogen functional groups attached to an aromatic ring is 1. The van der Waals surface area contributed by atoms with Gasteiger partial charge in [-0.1, -0.05) is 20.8 Å². The molecule has 5 heteroatoms. The Morgan fingerprint density at radius 1 is 1.47 bits per heavy atom. The van der Waals surface area contributed by atoms with Crippen molar-refractivity contribution in [3.63, 3.8) is 0 Å². The molecular formula is C12H20N4O. The van der Waals surface area contributed by atoms with Crippen molar-refractivity contribution in [2.75, 3.05) is 19.0 Å². The third kappa shape index (κ3) is 4.03. The minimum atomic E-state index is -0.0315. The number of rotatable bonds is 3. The van der Waals surface area contributed by atoms with Crippen LogP contribution in [0.25, 0.3) is 0 Å². The van der Waals surface area contributed by atoms with E-state index in [0.717, 1.165) is 0 Å². The van der Waals surface area contributed by atoms with Gasteiger partial charge in [0.25, 0.3) is 5.91 Å². The fraction of sp³-hybridized carbons (Fsp3) is 0.500. The molecular weight excluding hydrogens is 216 g/mol. The van der Waals surface area contributed by atoms with Crippen molar-refractivity contribution in [3.05, 3.63) is 23.9 Å². The lowest BCUT2D eigenvalue weighted by atomic mass is 9.96. The Bertz CT molecular complexity index is 380. The van der Waals surface area contributed by atoms with Gasteiger partial charge in [-0.25, -0.2) is 10.8 Å². The third-order valence-corrected chi connectivity index (χ3v) is 2.22. The molecule has 0 fully saturated rings. The Morgan fingerprint density at radius 2 is 2.12 bits per heavy atom. The van der Waals surface area contributed by atoms with Crippen molar-refractivity contribution in [1.29, 1.82) is 0 Å². The average Bonchev–Trinajstić information content (AvgIpc) is 2.26. The lowest BCUT2D eigenvalue weighted by molar-refractivity contribution is 0.0745. The molecule has 1 aromatic rings. The van der Waals surface area contributed by atoms with E-state index in [1.165, 1.54) is 6.20 Å². The Labute approximate surface area is 102 Å². The number of amides is 1. The summed E-state index contributed by atoms with van der Waals surface area (Å²) in [5.74, 6) is 5.72. The number of carbonyl (C=O) groups is 1. The Hall–Kier alpha value is -1.62. The van der Waals surface area contributed by atoms with Gasteiger partial charge in [-0.3, -0.25) is 4.79 Å². The smallest absolute Gasteiger partial charge is 0.255 e. The normalized spacial score (nSPS) is 11.1. The predicted octanol–water partition coefficient (Wildman–Crippen LogP) is 1.49. The lowest BCUT2D eigenvalue weighted by Gasteiger charge is -2.26. The molecule has 0 aliphatic carbocycles. The highest BCUT2D eigenvalue weighted by Crippen LogP contribution is 2.16. The fourth-order valence-electron chi connectivity index (χ4n) is 1.61. The van der Waals surface area contributed by atoms with Gasteiger partial charge in [-0.15, -0.1) is 0 Å². The molecule has 5 nitrogen and oxygen atoms in total. The minimum absolute atomic E-state index is 0.0315. The van der Waals surface area contributed by atoms with E-state index in [0.29, 0.717) is 17.9 Å². The van der Waals surface area contributed by atoms with Crippen LogP contribution in [-0.4, -0.2) is 29.4 Å². The summed E-state index contributed by atoms with van der Waals surface area (Å²) in [7, 11) is 1.79. The molecule has 0 atom stereocenters. The van der Waals surface area contributed by atoms with Crippen molar-refractivity contribution in [2.45, 2.75) is 20.8 Å². The van der Waals surface area contributed by atoms with Gasteiger partial charge >= 0.3 is 0 Å². The maximum Gasteiger partial charge on any atom is 0.255 e. The van der Waals surface area contributed by atoms with E-state index in [4.69, 9.17) is 5.84 Å². The number of anilines is 1. The van der Waals surface area contributed by atoms with Crippen molar-refractivity contribution in [3.8, 4) is 0 Å². The van der Waals surface area contributed by atoms with E-state index in [9.17, 15) is 4.79 Å². The van der Waals surface area contributed by atoms with Gasteiger partial charge in [-0.2, -0.15) is 0 Å². The first-order valence-corrected chi connectivity index (χ1v) is 5.51. The second-order valence-electron chi connectivity index (χ2n) is 5.30. The summed E-state index contributed by atoms with van der Waals surface area (Å²) in [6, 6.07) is 3.39. The Kier molecular flexibility index (Phi) is 4.07. The summed E-state index contributed by atoms with van der Waals surface area (Å²) >= 11 is 0. The quantitative estimate of drug-likeness (QED) is 0.616. The number of nitrogens with two attached hydrogens (primary N) is 1. The number of hydrazine groups is 1. The molecule has 0 bridgehead atoms. The predicted molar refractivity (Wildman–Crippen MR) is 68.5 cm³/mol. The summed E-state index contributed by atoms with van der Waals surface area (Å²) in [5, 5.41) is 0. The van der Waals surface area contributed by atoms with Crippen LogP contribution in [0.1, 0.15) is 31.1 Å². The van der Waals surface area contributed by atoms with E-state index in [-0.39, 0.29) is 11.3 Å². The molecule has 1 rings (SSSR count). The van der Waals surface area contributed by atoms with Crippen molar-refractivity contribution in [1.82, 2.24) is 9.88 Å². The topological polar surface area (TPSA) is 71.2 Å². The summed E-state index contributed by atoms with van der Waals surface area (Å²) in [6.07, 6.45) is 1.52. The van der Waals surface area contributed by atoms with Crippen LogP contribution in [0.5, 0.6) is 0 Å². The molecule has 1 heterocycles. The second kappa shape index (κ2) is 5.14. The maximum atomic E-state index is 12.1. The summed E-state index contributed by atoms with van der Waals surface area (Å²) in [5.41, 5.74) is 3.07. The van der Waals surface area contributed by atoms with Crippen molar-refractivity contribution < 1.29 is 4.79 Å². The molecule has 0 aliphatic heterocycles. The minimum Gasteiger partial charge on any atom is -0.341 e. The van der Waals surface area contributed by atoms with Gasteiger partial charge in [0.1, 0.15) is 5.82 Å². The van der Waals surface area contributed by atoms with Gasteiger partial charge in [0, 0.05) is 19.8 Å². The molecule has 0 saturated carbocycles. The van der Waals surface area contributed by atoms with Gasteiger partial charge in [0.15, 0.2) is 0 Å². The molecule has 0 unspecified atom stereocenters. The number of nitrogens with one attached hydrogen (secondary N) is 1. The zero-order valence-corrected chi connectivity index (χ0v) is 10.8. The summed E-state index contributed by atoms with van der Waals surface area (Å²) < 4.78 is 0. The number of aromatic nitrogens is 1. The van der Waals surface area contributed by atoms with Crippen LogP contribution in [-0.2, 0) is 0 Å². The molecule has 0 radical (unpaired) electrons. The number of hydrogen-bond acceptors (Lipinski definition) is 4. The SMILES string of the molecule is CN(CC(C)(C)C)C(=O)c1ccc(NN)nc1. The highest BCUT2D eigenvalue weighted by atomic mass is 16.2. The highest BCUT2D eigenvalue weighted by Gasteiger charge is 2.18. The van der Waals surface area contributed by atoms with Crippen LogP contribution in [0.3, 0.4) is 0 Å². The monoisotopic (exact) mass is 236 g/mol. The molecule has 1 amide bonds. The van der Waals surface area contributed by atoms with E-state index >= 15 is 0 Å². The van der Waals surface area contributed by atoms with E-state index in [1.807, 2.05) is 0 Å². The first kappa shape index (κ1) is 13.4. The van der Waals surface area contributed by atoms with Gasteiger partial charge in [-0.05, 0) is 17.5 Å². The number of carbonyl (C=O) groups excluding carboxylic acids is 1. The highest BCUT2D eigenvalue weighted by molar-refractivity contribution is 5.93. The largest absolute Gasteiger partial charge is 0.341 e. The van der Waals surface area contributed by atoms with Crippen molar-refractivity contribution in [2.24, 2.45) is 11.3 Å². The second-order valence-corrected chi connectivity index (χ2v) is 5.30. The van der Waals surface area contributed by atoms with E-state index in [2.05, 4.69) is 31.2 Å². The molecule has 0 aliphatic rings. The number of nitrogens with zero attached hydrogens (tertiary/aromatic N) is 2. The molecule has 0 aromatic carbocycles. The third-order valence-electron chi connectivity index (χ3n) is 2.22. The summed E-state index contributed by atoms with van der Waals surface area (Å²) in [6.45, 7) is 6.98. The zero-order valence-electron chi connectivity index (χ0n) is 10.8. The van der Waals surface area contributed by atoms with Crippen LogP contribution in [0.2, 0.25) is 0 Å². The Balaban J connectivity index is 2.75. The van der Waals surface area contributed by atoms with Crippen LogP contribution >= 0.6 is 0 Å². The summed E-state index contributed by atoms with van der Waals surface area (Å²) in [4.78, 5) is 17.8. The van der Waals surface area contributed by atoms with Crippen LogP contribution in [0.4, 0.5) is 5.82 Å². The fourth-order valence-corrected chi connectivity index (χ4v) is 1.61. The maximum absolute atomic E-state index is 12.1. The first-order valence-electron chi connectivity index (χ1n) is 5.51.